The van der Waals surface area contributed by atoms with Gasteiger partial charge in [-0.05, 0) is 23.6 Å². The van der Waals surface area contributed by atoms with Gasteiger partial charge in [0.15, 0.2) is 0 Å². The predicted molar refractivity (Wildman–Crippen MR) is 59.8 cm³/mol. The van der Waals surface area contributed by atoms with Gasteiger partial charge in [-0.15, -0.1) is 6.54 Å². The number of aryl methyl sites for hydroxylation is 1. The molecule has 2 N–H and O–H groups in total. The van der Waals surface area contributed by atoms with E-state index >= 15 is 0 Å². The molecule has 0 amide bonds. The summed E-state index contributed by atoms with van der Waals surface area (Å²) in [6.07, 6.45) is -0.696. The minimum Gasteiger partial charge on any atom is -0.675 e. The van der Waals surface area contributed by atoms with Gasteiger partial charge in [-0.25, -0.2) is 0 Å². The summed E-state index contributed by atoms with van der Waals surface area (Å²) >= 11 is 0. The maximum atomic E-state index is 9.48. The topological polar surface area (TPSA) is 53.3 Å². The zero-order valence-corrected chi connectivity index (χ0v) is 12.7. The molecule has 84 valence electrons. The number of nitrogens with one attached hydrogen (secondary N) is 1. The van der Waals surface area contributed by atoms with Crippen LogP contribution in [-0.2, 0) is 32.2 Å². The molecule has 3 nitrogen and oxygen atoms in total. The number of hydrogen-bond acceptors (Lipinski definition) is 2. The fourth-order valence-electron chi connectivity index (χ4n) is 1.26. The average Bonchev–Trinajstić information content (AvgIpc) is 2.20. The molecule has 0 heterocycles. The molecule has 1 aromatic carbocycles. The fraction of sp³-hybridized carbons (Fsp3) is 0.400. The zero-order chi connectivity index (χ0) is 10.6. The van der Waals surface area contributed by atoms with Crippen molar-refractivity contribution in [2.45, 2.75) is 19.6 Å². The summed E-state index contributed by atoms with van der Waals surface area (Å²) in [5.41, 5.74) is 10.0. The molecule has 0 fully saturated rings. The van der Waals surface area contributed by atoms with Crippen molar-refractivity contribution in [1.29, 1.82) is 0 Å². The van der Waals surface area contributed by atoms with E-state index in [0.717, 1.165) is 16.7 Å². The van der Waals surface area contributed by atoms with Crippen LogP contribution in [0.2, 0.25) is 0 Å². The molecule has 0 saturated heterocycles. The van der Waals surface area contributed by atoms with Crippen LogP contribution in [0.4, 0.5) is 0 Å². The van der Waals surface area contributed by atoms with Crippen molar-refractivity contribution in [1.82, 2.24) is 0 Å². The first-order chi connectivity index (χ1) is 6.69. The van der Waals surface area contributed by atoms with E-state index in [9.17, 15) is 5.11 Å². The van der Waals surface area contributed by atoms with E-state index in [1.54, 1.807) is 0 Å². The smallest absolute Gasteiger partial charge is 0.0755 e. The largest absolute Gasteiger partial charge is 0.675 e. The Hall–Kier alpha value is 0.218. The third-order valence-corrected chi connectivity index (χ3v) is 2.36. The maximum Gasteiger partial charge on any atom is 0.0755 e. The summed E-state index contributed by atoms with van der Waals surface area (Å²) in [7, 11) is 2.20. The van der Waals surface area contributed by atoms with Gasteiger partial charge in [0.05, 0.1) is 12.7 Å². The third kappa shape index (κ3) is 4.30. The van der Waals surface area contributed by atoms with Crippen LogP contribution in [0.1, 0.15) is 22.8 Å². The first kappa shape index (κ1) is 15.2. The van der Waals surface area contributed by atoms with Crippen molar-refractivity contribution < 1.29 is 30.7 Å². The molecule has 2 atom stereocenters. The van der Waals surface area contributed by atoms with E-state index in [1.807, 2.05) is 25.1 Å². The van der Waals surface area contributed by atoms with Crippen LogP contribution in [0.5, 0.6) is 0 Å². The second-order valence-corrected chi connectivity index (χ2v) is 3.55. The molecular weight excluding hydrogens is 381 g/mol. The molecule has 0 aromatic heterocycles. The molecule has 2 unspecified atom stereocenters. The van der Waals surface area contributed by atoms with E-state index < -0.39 is 6.10 Å². The summed E-state index contributed by atoms with van der Waals surface area (Å²) in [6, 6.07) is 5.67. The van der Waals surface area contributed by atoms with E-state index in [2.05, 4.69) is 9.47 Å². The van der Waals surface area contributed by atoms with Crippen LogP contribution in [0.15, 0.2) is 18.2 Å². The summed E-state index contributed by atoms with van der Waals surface area (Å²) < 4.78 is 4.97. The Kier molecular flexibility index (Phi) is 7.59. The summed E-state index contributed by atoms with van der Waals surface area (Å²) in [6.45, 7) is 2.50. The first-order valence-corrected chi connectivity index (χ1v) is 4.90. The Morgan fingerprint density at radius 2 is 2.20 bits per heavy atom. The molecule has 0 spiro atoms. The standard InChI is InChI=1S/C10H15NO2P.W/c1-7-2-3-8(10(12)5-11)4-9(7)6-13-14;/h2-4,10-12H,5-6,14H2,1H3;/q-1;. The van der Waals surface area contributed by atoms with Gasteiger partial charge in [0.25, 0.3) is 0 Å². The van der Waals surface area contributed by atoms with Gasteiger partial charge in [-0.1, -0.05) is 18.2 Å². The quantitative estimate of drug-likeness (QED) is 0.795. The number of aliphatic hydroxyl groups excluding tert-OH is 1. The molecular formula is C10H15NO2PW-. The van der Waals surface area contributed by atoms with Crippen LogP contribution < -0.4 is 0 Å². The van der Waals surface area contributed by atoms with Gasteiger partial charge in [-0.2, -0.15) is 0 Å². The van der Waals surface area contributed by atoms with Gasteiger partial charge in [0.2, 0.25) is 0 Å². The molecule has 15 heavy (non-hydrogen) atoms. The van der Waals surface area contributed by atoms with Gasteiger partial charge in [-0.3, -0.25) is 0 Å². The minimum atomic E-state index is -0.696. The molecule has 0 bridgehead atoms. The predicted octanol–water partition coefficient (Wildman–Crippen LogP) is 2.38. The summed E-state index contributed by atoms with van der Waals surface area (Å²) in [4.78, 5) is 0. The molecule has 1 rings (SSSR count). The van der Waals surface area contributed by atoms with Gasteiger partial charge in [0.1, 0.15) is 0 Å². The van der Waals surface area contributed by atoms with Crippen molar-refractivity contribution in [3.05, 3.63) is 40.6 Å². The van der Waals surface area contributed by atoms with Gasteiger partial charge >= 0.3 is 0 Å². The molecule has 0 aliphatic rings. The monoisotopic (exact) mass is 396 g/mol. The number of rotatable bonds is 4. The molecule has 5 heteroatoms. The van der Waals surface area contributed by atoms with Crippen LogP contribution >= 0.6 is 9.47 Å². The number of aliphatic hydroxyl groups is 1. The summed E-state index contributed by atoms with van der Waals surface area (Å²) in [5.74, 6) is 0. The van der Waals surface area contributed by atoms with Crippen molar-refractivity contribution in [2.24, 2.45) is 0 Å². The van der Waals surface area contributed by atoms with Crippen molar-refractivity contribution >= 4 is 9.47 Å². The van der Waals surface area contributed by atoms with Crippen molar-refractivity contribution in [3.63, 3.8) is 0 Å². The van der Waals surface area contributed by atoms with Gasteiger partial charge in [0, 0.05) is 30.5 Å². The van der Waals surface area contributed by atoms with E-state index in [0.29, 0.717) is 6.61 Å². The van der Waals surface area contributed by atoms with Gasteiger partial charge < -0.3 is 15.4 Å². The Balaban J connectivity index is 0.00000196. The summed E-state index contributed by atoms with van der Waals surface area (Å²) in [5, 5.41) is 9.48. The molecule has 0 aliphatic heterocycles. The van der Waals surface area contributed by atoms with Crippen LogP contribution in [0.3, 0.4) is 0 Å². The second-order valence-electron chi connectivity index (χ2n) is 3.22. The Morgan fingerprint density at radius 1 is 1.53 bits per heavy atom. The molecule has 1 aromatic rings. The molecule has 0 radical (unpaired) electrons. The van der Waals surface area contributed by atoms with Crippen LogP contribution in [0.25, 0.3) is 5.73 Å². The Morgan fingerprint density at radius 3 is 2.73 bits per heavy atom. The molecule has 0 aliphatic carbocycles. The Labute approximate surface area is 107 Å². The zero-order valence-electron chi connectivity index (χ0n) is 8.56. The van der Waals surface area contributed by atoms with Crippen LogP contribution in [-0.4, -0.2) is 11.7 Å². The third-order valence-electron chi connectivity index (χ3n) is 2.19. The van der Waals surface area contributed by atoms with Crippen molar-refractivity contribution in [3.8, 4) is 0 Å². The minimum absolute atomic E-state index is 0. The number of benzene rings is 1. The number of hydrogen-bond donors (Lipinski definition) is 1. The second kappa shape index (κ2) is 7.48. The van der Waals surface area contributed by atoms with E-state index in [1.165, 1.54) is 0 Å². The molecule has 0 saturated carbocycles. The van der Waals surface area contributed by atoms with E-state index in [-0.39, 0.29) is 27.6 Å². The SMILES string of the molecule is Cc1ccc(C(O)C[NH-])cc1COP.[W]. The normalized spacial score (nSPS) is 12.0. The average molecular weight is 396 g/mol. The maximum absolute atomic E-state index is 9.48. The Bertz CT molecular complexity index is 309. The van der Waals surface area contributed by atoms with Crippen LogP contribution in [0, 0.1) is 6.92 Å². The van der Waals surface area contributed by atoms with E-state index in [4.69, 9.17) is 10.3 Å². The first-order valence-electron chi connectivity index (χ1n) is 4.42. The van der Waals surface area contributed by atoms with Crippen molar-refractivity contribution in [2.75, 3.05) is 6.54 Å². The fourth-order valence-corrected chi connectivity index (χ4v) is 1.44.